The van der Waals surface area contributed by atoms with Gasteiger partial charge in [0.05, 0.1) is 24.2 Å². The Bertz CT molecular complexity index is 478. The van der Waals surface area contributed by atoms with E-state index in [1.807, 2.05) is 0 Å². The lowest BCUT2D eigenvalue weighted by Crippen LogP contribution is -2.50. The number of piperidine rings is 1. The molecule has 0 saturated carbocycles. The normalized spacial score (nSPS) is 24.9. The van der Waals surface area contributed by atoms with Crippen molar-refractivity contribution in [2.75, 3.05) is 13.2 Å². The predicted molar refractivity (Wildman–Crippen MR) is 75.8 cm³/mol. The van der Waals surface area contributed by atoms with Crippen molar-refractivity contribution in [3.8, 4) is 0 Å². The summed E-state index contributed by atoms with van der Waals surface area (Å²) in [6.07, 6.45) is 4.87. The van der Waals surface area contributed by atoms with Gasteiger partial charge in [0.1, 0.15) is 12.4 Å². The number of likely N-dealkylation sites (tertiary alicyclic amines) is 1. The van der Waals surface area contributed by atoms with E-state index < -0.39 is 11.0 Å². The molecule has 2 N–H and O–H groups in total. The Morgan fingerprint density at radius 2 is 2.29 bits per heavy atom. The maximum Gasteiger partial charge on any atom is 0.306 e. The number of aliphatic hydroxyl groups excluding tert-OH is 2. The van der Waals surface area contributed by atoms with E-state index in [2.05, 4.69) is 16.9 Å². The zero-order valence-corrected chi connectivity index (χ0v) is 12.1. The molecule has 2 rings (SSSR count). The summed E-state index contributed by atoms with van der Waals surface area (Å²) in [5.74, 6) is 0. The summed E-state index contributed by atoms with van der Waals surface area (Å²) >= 11 is 0. The van der Waals surface area contributed by atoms with E-state index in [4.69, 9.17) is 0 Å². The van der Waals surface area contributed by atoms with Gasteiger partial charge in [0.25, 0.3) is 0 Å². The molecule has 118 valence electrons. The van der Waals surface area contributed by atoms with Crippen molar-refractivity contribution in [1.29, 1.82) is 0 Å². The lowest BCUT2D eigenvalue weighted by Gasteiger charge is -2.40. The first kappa shape index (κ1) is 15.9. The van der Waals surface area contributed by atoms with E-state index in [0.29, 0.717) is 12.6 Å². The van der Waals surface area contributed by atoms with Gasteiger partial charge in [0.2, 0.25) is 0 Å². The highest BCUT2D eigenvalue weighted by atomic mass is 16.6. The molecule has 0 amide bonds. The molecule has 3 unspecified atom stereocenters. The largest absolute Gasteiger partial charge is 0.395 e. The third-order valence-corrected chi connectivity index (χ3v) is 4.05. The van der Waals surface area contributed by atoms with Crippen LogP contribution in [-0.4, -0.2) is 61.2 Å². The molecule has 21 heavy (non-hydrogen) atoms. The van der Waals surface area contributed by atoms with Gasteiger partial charge < -0.3 is 10.2 Å². The van der Waals surface area contributed by atoms with Gasteiger partial charge in [0.15, 0.2) is 0 Å². The fourth-order valence-electron chi connectivity index (χ4n) is 2.93. The topological polar surface area (TPSA) is 105 Å². The van der Waals surface area contributed by atoms with Crippen LogP contribution in [0.25, 0.3) is 0 Å². The second-order valence-corrected chi connectivity index (χ2v) is 5.64. The number of hydrogen-bond acceptors (Lipinski definition) is 6. The van der Waals surface area contributed by atoms with Crippen molar-refractivity contribution in [1.82, 2.24) is 14.7 Å². The van der Waals surface area contributed by atoms with Gasteiger partial charge in [-0.15, -0.1) is 0 Å². The van der Waals surface area contributed by atoms with E-state index in [1.165, 1.54) is 17.1 Å². The Morgan fingerprint density at radius 1 is 1.52 bits per heavy atom. The van der Waals surface area contributed by atoms with Crippen LogP contribution >= 0.6 is 0 Å². The summed E-state index contributed by atoms with van der Waals surface area (Å²) in [6, 6.07) is 0.396. The Balaban J connectivity index is 1.93. The van der Waals surface area contributed by atoms with Crippen LogP contribution in [0.15, 0.2) is 12.4 Å². The molecule has 0 aliphatic carbocycles. The first-order chi connectivity index (χ1) is 10.0. The van der Waals surface area contributed by atoms with E-state index in [1.54, 1.807) is 0 Å². The van der Waals surface area contributed by atoms with Crippen LogP contribution in [0, 0.1) is 10.1 Å². The average molecular weight is 298 g/mol. The Morgan fingerprint density at radius 3 is 2.90 bits per heavy atom. The molecule has 8 heteroatoms. The highest BCUT2D eigenvalue weighted by molar-refractivity contribution is 5.20. The molecule has 3 atom stereocenters. The van der Waals surface area contributed by atoms with Crippen LogP contribution in [0.4, 0.5) is 5.69 Å². The third kappa shape index (κ3) is 3.99. The van der Waals surface area contributed by atoms with Crippen LogP contribution in [0.2, 0.25) is 0 Å². The number of hydrogen-bond donors (Lipinski definition) is 2. The van der Waals surface area contributed by atoms with Crippen LogP contribution in [-0.2, 0) is 6.54 Å². The van der Waals surface area contributed by atoms with E-state index >= 15 is 0 Å². The minimum atomic E-state index is -0.681. The summed E-state index contributed by atoms with van der Waals surface area (Å²) in [7, 11) is 0. The number of nitrogens with zero attached hydrogens (tertiary/aromatic N) is 4. The molecule has 2 heterocycles. The van der Waals surface area contributed by atoms with Crippen LogP contribution in [0.5, 0.6) is 0 Å². The molecule has 0 bridgehead atoms. The van der Waals surface area contributed by atoms with Gasteiger partial charge in [-0.25, -0.2) is 0 Å². The number of β-amino-alcohol motifs (C(OH)–C–C–N with tert-alkyl or cyclic N) is 1. The molecule has 0 radical (unpaired) electrons. The molecule has 1 aliphatic rings. The standard InChI is InChI=1S/C13H22N4O4/c1-10-3-2-4-11(9-18)16(10)8-13(19)7-15-6-12(5-14-15)17(20)21/h5-6,10-11,13,18-19H,2-4,7-9H2,1H3. The highest BCUT2D eigenvalue weighted by Crippen LogP contribution is 2.22. The van der Waals surface area contributed by atoms with Crippen LogP contribution in [0.1, 0.15) is 26.2 Å². The Labute approximate surface area is 123 Å². The summed E-state index contributed by atoms with van der Waals surface area (Å²) in [6.45, 7) is 2.81. The minimum absolute atomic E-state index is 0.0790. The van der Waals surface area contributed by atoms with Crippen LogP contribution < -0.4 is 0 Å². The molecule has 1 aromatic rings. The SMILES string of the molecule is CC1CCCC(CO)N1CC(O)Cn1cc([N+](=O)[O-])cn1. The number of nitro groups is 1. The molecular weight excluding hydrogens is 276 g/mol. The average Bonchev–Trinajstić information content (AvgIpc) is 2.89. The van der Waals surface area contributed by atoms with Gasteiger partial charge in [-0.3, -0.25) is 19.7 Å². The van der Waals surface area contributed by atoms with Gasteiger partial charge in [-0.2, -0.15) is 5.10 Å². The van der Waals surface area contributed by atoms with Crippen molar-refractivity contribution in [2.24, 2.45) is 0 Å². The molecule has 8 nitrogen and oxygen atoms in total. The lowest BCUT2D eigenvalue weighted by atomic mass is 9.96. The Kier molecular flexibility index (Phi) is 5.27. The van der Waals surface area contributed by atoms with Crippen molar-refractivity contribution in [2.45, 2.75) is 50.9 Å². The van der Waals surface area contributed by atoms with Gasteiger partial charge in [-0.1, -0.05) is 6.42 Å². The monoisotopic (exact) mass is 298 g/mol. The van der Waals surface area contributed by atoms with Crippen molar-refractivity contribution >= 4 is 5.69 Å². The van der Waals surface area contributed by atoms with E-state index in [9.17, 15) is 20.3 Å². The number of rotatable bonds is 6. The first-order valence-corrected chi connectivity index (χ1v) is 7.22. The number of aromatic nitrogens is 2. The molecule has 1 saturated heterocycles. The summed E-state index contributed by atoms with van der Waals surface area (Å²) in [5, 5.41) is 34.1. The highest BCUT2D eigenvalue weighted by Gasteiger charge is 2.29. The third-order valence-electron chi connectivity index (χ3n) is 4.05. The van der Waals surface area contributed by atoms with Crippen molar-refractivity contribution in [3.05, 3.63) is 22.5 Å². The second kappa shape index (κ2) is 6.97. The van der Waals surface area contributed by atoms with E-state index in [-0.39, 0.29) is 24.9 Å². The molecule has 0 spiro atoms. The van der Waals surface area contributed by atoms with Crippen molar-refractivity contribution in [3.63, 3.8) is 0 Å². The van der Waals surface area contributed by atoms with Crippen molar-refractivity contribution < 1.29 is 15.1 Å². The van der Waals surface area contributed by atoms with Gasteiger partial charge >= 0.3 is 5.69 Å². The molecule has 0 aromatic carbocycles. The second-order valence-electron chi connectivity index (χ2n) is 5.64. The van der Waals surface area contributed by atoms with Gasteiger partial charge in [0, 0.05) is 18.6 Å². The maximum atomic E-state index is 10.6. The zero-order chi connectivity index (χ0) is 15.4. The van der Waals surface area contributed by atoms with E-state index in [0.717, 1.165) is 19.3 Å². The predicted octanol–water partition coefficient (Wildman–Crippen LogP) is 0.387. The first-order valence-electron chi connectivity index (χ1n) is 7.22. The fraction of sp³-hybridized carbons (Fsp3) is 0.769. The molecule has 1 fully saturated rings. The van der Waals surface area contributed by atoms with Crippen LogP contribution in [0.3, 0.4) is 0 Å². The molecule has 1 aromatic heterocycles. The Hall–Kier alpha value is -1.51. The summed E-state index contributed by atoms with van der Waals surface area (Å²) in [5.41, 5.74) is -0.0817. The minimum Gasteiger partial charge on any atom is -0.395 e. The molecular formula is C13H22N4O4. The number of aliphatic hydroxyl groups is 2. The lowest BCUT2D eigenvalue weighted by molar-refractivity contribution is -0.385. The maximum absolute atomic E-state index is 10.6. The molecule has 1 aliphatic heterocycles. The summed E-state index contributed by atoms with van der Waals surface area (Å²) in [4.78, 5) is 12.2. The fourth-order valence-corrected chi connectivity index (χ4v) is 2.93. The summed E-state index contributed by atoms with van der Waals surface area (Å²) < 4.78 is 1.38. The zero-order valence-electron chi connectivity index (χ0n) is 12.1. The van der Waals surface area contributed by atoms with Gasteiger partial charge in [-0.05, 0) is 19.8 Å². The smallest absolute Gasteiger partial charge is 0.306 e. The quantitative estimate of drug-likeness (QED) is 0.581.